The molecule has 0 amide bonds. The molecule has 96 valence electrons. The van der Waals surface area contributed by atoms with Crippen LogP contribution in [0.15, 0.2) is 30.3 Å². The van der Waals surface area contributed by atoms with Gasteiger partial charge in [0, 0.05) is 0 Å². The summed E-state index contributed by atoms with van der Waals surface area (Å²) >= 11 is 0. The normalized spacial score (nSPS) is 12.6. The SMILES string of the molecule is CCCCCCC[SiH](CCC)c1ccccc1. The van der Waals surface area contributed by atoms with Gasteiger partial charge >= 0.3 is 0 Å². The number of unbranched alkanes of at least 4 members (excludes halogenated alkanes) is 4. The van der Waals surface area contributed by atoms with E-state index in [4.69, 9.17) is 0 Å². The third-order valence-electron chi connectivity index (χ3n) is 3.56. The largest absolute Gasteiger partial charge is 0.0708 e. The smallest absolute Gasteiger partial charge is 0.0656 e. The minimum absolute atomic E-state index is 0.644. The third-order valence-corrected chi connectivity index (χ3v) is 7.27. The molecule has 1 atom stereocenters. The number of rotatable bonds is 9. The number of benzene rings is 1. The summed E-state index contributed by atoms with van der Waals surface area (Å²) in [6, 6.07) is 14.3. The fourth-order valence-corrected chi connectivity index (χ4v) is 5.75. The van der Waals surface area contributed by atoms with Crippen LogP contribution in [-0.2, 0) is 0 Å². The van der Waals surface area contributed by atoms with Crippen LogP contribution in [0.1, 0.15) is 52.4 Å². The molecule has 1 rings (SSSR count). The van der Waals surface area contributed by atoms with Crippen molar-refractivity contribution in [2.75, 3.05) is 0 Å². The molecular formula is C16H28Si. The zero-order chi connectivity index (χ0) is 12.3. The molecule has 0 heterocycles. The lowest BCUT2D eigenvalue weighted by Gasteiger charge is -2.14. The van der Waals surface area contributed by atoms with Crippen molar-refractivity contribution >= 4 is 14.0 Å². The summed E-state index contributed by atoms with van der Waals surface area (Å²) < 4.78 is 0. The molecule has 1 aromatic rings. The van der Waals surface area contributed by atoms with Gasteiger partial charge in [0.15, 0.2) is 0 Å². The predicted molar refractivity (Wildman–Crippen MR) is 81.9 cm³/mol. The Morgan fingerprint density at radius 1 is 0.765 bits per heavy atom. The van der Waals surface area contributed by atoms with Crippen molar-refractivity contribution in [3.63, 3.8) is 0 Å². The van der Waals surface area contributed by atoms with Crippen LogP contribution in [0.3, 0.4) is 0 Å². The Labute approximate surface area is 109 Å². The second kappa shape index (κ2) is 9.47. The van der Waals surface area contributed by atoms with E-state index in [1.54, 1.807) is 5.19 Å². The van der Waals surface area contributed by atoms with Crippen LogP contribution in [0, 0.1) is 0 Å². The topological polar surface area (TPSA) is 0 Å². The lowest BCUT2D eigenvalue weighted by Crippen LogP contribution is -2.29. The molecular weight excluding hydrogens is 220 g/mol. The summed E-state index contributed by atoms with van der Waals surface area (Å²) in [5.74, 6) is 0. The van der Waals surface area contributed by atoms with Gasteiger partial charge in [-0.05, 0) is 0 Å². The molecule has 17 heavy (non-hydrogen) atoms. The third kappa shape index (κ3) is 6.07. The average molecular weight is 248 g/mol. The molecule has 0 radical (unpaired) electrons. The van der Waals surface area contributed by atoms with Gasteiger partial charge < -0.3 is 0 Å². The first-order valence-corrected chi connectivity index (χ1v) is 9.64. The van der Waals surface area contributed by atoms with E-state index in [0.717, 1.165) is 0 Å². The Bertz CT molecular complexity index is 268. The highest BCUT2D eigenvalue weighted by Gasteiger charge is 2.11. The molecule has 0 aliphatic carbocycles. The van der Waals surface area contributed by atoms with E-state index in [9.17, 15) is 0 Å². The van der Waals surface area contributed by atoms with E-state index in [2.05, 4.69) is 44.2 Å². The zero-order valence-corrected chi connectivity index (χ0v) is 12.8. The lowest BCUT2D eigenvalue weighted by atomic mass is 10.2. The molecule has 0 spiro atoms. The summed E-state index contributed by atoms with van der Waals surface area (Å²) in [6.45, 7) is 4.62. The van der Waals surface area contributed by atoms with E-state index >= 15 is 0 Å². The van der Waals surface area contributed by atoms with Crippen LogP contribution >= 0.6 is 0 Å². The van der Waals surface area contributed by atoms with Crippen molar-refractivity contribution in [3.8, 4) is 0 Å². The summed E-state index contributed by atoms with van der Waals surface area (Å²) in [7, 11) is -0.644. The first kappa shape index (κ1) is 14.5. The van der Waals surface area contributed by atoms with E-state index in [0.29, 0.717) is 0 Å². The predicted octanol–water partition coefficient (Wildman–Crippen LogP) is 4.50. The number of hydrogen-bond acceptors (Lipinski definition) is 0. The minimum Gasteiger partial charge on any atom is -0.0656 e. The fourth-order valence-electron chi connectivity index (χ4n) is 2.55. The highest BCUT2D eigenvalue weighted by molar-refractivity contribution is 6.73. The Hall–Kier alpha value is -0.563. The molecule has 0 N–H and O–H groups in total. The van der Waals surface area contributed by atoms with Gasteiger partial charge in [-0.3, -0.25) is 0 Å². The highest BCUT2D eigenvalue weighted by atomic mass is 28.3. The lowest BCUT2D eigenvalue weighted by molar-refractivity contribution is 0.654. The molecule has 0 saturated carbocycles. The van der Waals surface area contributed by atoms with Gasteiger partial charge in [-0.15, -0.1) is 0 Å². The number of hydrogen-bond donors (Lipinski definition) is 0. The van der Waals surface area contributed by atoms with Gasteiger partial charge in [0.05, 0.1) is 8.80 Å². The molecule has 0 fully saturated rings. The van der Waals surface area contributed by atoms with Crippen molar-refractivity contribution in [1.29, 1.82) is 0 Å². The van der Waals surface area contributed by atoms with Crippen molar-refractivity contribution in [3.05, 3.63) is 30.3 Å². The maximum Gasteiger partial charge on any atom is 0.0708 e. The van der Waals surface area contributed by atoms with Gasteiger partial charge in [0.1, 0.15) is 0 Å². The fraction of sp³-hybridized carbons (Fsp3) is 0.625. The quantitative estimate of drug-likeness (QED) is 0.446. The Balaban J connectivity index is 2.33. The Kier molecular flexibility index (Phi) is 8.07. The molecule has 0 aromatic heterocycles. The van der Waals surface area contributed by atoms with E-state index < -0.39 is 8.80 Å². The maximum atomic E-state index is 2.36. The Morgan fingerprint density at radius 2 is 1.47 bits per heavy atom. The first-order chi connectivity index (χ1) is 8.38. The second-order valence-electron chi connectivity index (χ2n) is 5.10. The molecule has 0 aliphatic heterocycles. The van der Waals surface area contributed by atoms with E-state index in [1.807, 2.05) is 0 Å². The van der Waals surface area contributed by atoms with Crippen LogP contribution in [0.2, 0.25) is 12.1 Å². The van der Waals surface area contributed by atoms with Crippen LogP contribution in [0.5, 0.6) is 0 Å². The van der Waals surface area contributed by atoms with Gasteiger partial charge in [0.25, 0.3) is 0 Å². The molecule has 0 saturated heterocycles. The maximum absolute atomic E-state index is 2.36. The van der Waals surface area contributed by atoms with Gasteiger partial charge in [-0.1, -0.05) is 100.0 Å². The van der Waals surface area contributed by atoms with Gasteiger partial charge in [-0.25, -0.2) is 0 Å². The molecule has 1 heteroatoms. The van der Waals surface area contributed by atoms with Crippen molar-refractivity contribution in [2.45, 2.75) is 64.5 Å². The molecule has 0 bridgehead atoms. The minimum atomic E-state index is -0.644. The second-order valence-corrected chi connectivity index (χ2v) is 8.31. The average Bonchev–Trinajstić information content (AvgIpc) is 2.38. The summed E-state index contributed by atoms with van der Waals surface area (Å²) in [5, 5.41) is 1.69. The zero-order valence-electron chi connectivity index (χ0n) is 11.6. The standard InChI is InChI=1S/C16H28Si/c1-3-5-6-7-11-15-17(14-4-2)16-12-9-8-10-13-16/h8-10,12-13,17H,3-7,11,14-15H2,1-2H3. The van der Waals surface area contributed by atoms with Gasteiger partial charge in [-0.2, -0.15) is 0 Å². The monoisotopic (exact) mass is 248 g/mol. The molecule has 1 aromatic carbocycles. The Morgan fingerprint density at radius 3 is 2.12 bits per heavy atom. The summed E-state index contributed by atoms with van der Waals surface area (Å²) in [4.78, 5) is 0. The van der Waals surface area contributed by atoms with E-state index in [1.165, 1.54) is 50.6 Å². The highest BCUT2D eigenvalue weighted by Crippen LogP contribution is 2.11. The summed E-state index contributed by atoms with van der Waals surface area (Å²) in [5.41, 5.74) is 0. The molecule has 0 aliphatic rings. The van der Waals surface area contributed by atoms with Crippen molar-refractivity contribution in [1.82, 2.24) is 0 Å². The van der Waals surface area contributed by atoms with E-state index in [-0.39, 0.29) is 0 Å². The van der Waals surface area contributed by atoms with Crippen molar-refractivity contribution < 1.29 is 0 Å². The van der Waals surface area contributed by atoms with Crippen LogP contribution < -0.4 is 5.19 Å². The van der Waals surface area contributed by atoms with Gasteiger partial charge in [0.2, 0.25) is 0 Å². The van der Waals surface area contributed by atoms with Crippen LogP contribution in [-0.4, -0.2) is 8.80 Å². The summed E-state index contributed by atoms with van der Waals surface area (Å²) in [6.07, 6.45) is 8.50. The molecule has 1 unspecified atom stereocenters. The first-order valence-electron chi connectivity index (χ1n) is 7.43. The molecule has 0 nitrogen and oxygen atoms in total. The van der Waals surface area contributed by atoms with Crippen molar-refractivity contribution in [2.24, 2.45) is 0 Å². The van der Waals surface area contributed by atoms with Crippen LogP contribution in [0.25, 0.3) is 0 Å². The van der Waals surface area contributed by atoms with Crippen LogP contribution in [0.4, 0.5) is 0 Å².